The molecule has 5 rings (SSSR count). The zero-order chi connectivity index (χ0) is 23.2. The highest BCUT2D eigenvalue weighted by Crippen LogP contribution is 2.47. The Hall–Kier alpha value is -2.49. The van der Waals surface area contributed by atoms with Crippen LogP contribution in [0.15, 0.2) is 36.7 Å². The number of rotatable bonds is 6. The molecule has 1 fully saturated rings. The molecule has 0 unspecified atom stereocenters. The van der Waals surface area contributed by atoms with Crippen molar-refractivity contribution in [1.29, 1.82) is 0 Å². The van der Waals surface area contributed by atoms with Gasteiger partial charge in [-0.25, -0.2) is 13.4 Å². The first-order chi connectivity index (χ1) is 15.8. The first-order valence-electron chi connectivity index (χ1n) is 11.0. The number of fused-ring (bicyclic) bond motifs is 3. The molecule has 0 atom stereocenters. The average Bonchev–Trinajstić information content (AvgIpc) is 3.22. The Morgan fingerprint density at radius 2 is 2.00 bits per heavy atom. The minimum atomic E-state index is -3.08. The summed E-state index contributed by atoms with van der Waals surface area (Å²) in [5, 5.41) is 0.572. The van der Waals surface area contributed by atoms with E-state index in [1.54, 1.807) is 29.4 Å². The number of carbonyl (C=O) groups is 1. The van der Waals surface area contributed by atoms with E-state index in [4.69, 9.17) is 21.3 Å². The van der Waals surface area contributed by atoms with Crippen LogP contribution in [0.5, 0.6) is 0 Å². The minimum Gasteiger partial charge on any atom is -0.381 e. The molecule has 174 valence electrons. The summed E-state index contributed by atoms with van der Waals surface area (Å²) in [7, 11) is -3.08. The van der Waals surface area contributed by atoms with Gasteiger partial charge in [-0.15, -0.1) is 0 Å². The topological polar surface area (TPSA) is 94.4 Å². The van der Waals surface area contributed by atoms with Crippen molar-refractivity contribution in [3.05, 3.63) is 53.1 Å². The van der Waals surface area contributed by atoms with Crippen molar-refractivity contribution in [2.45, 2.75) is 37.8 Å². The molecule has 1 amide bonds. The van der Waals surface area contributed by atoms with Crippen LogP contribution in [0.1, 0.15) is 30.7 Å². The predicted molar refractivity (Wildman–Crippen MR) is 126 cm³/mol. The van der Waals surface area contributed by atoms with Gasteiger partial charge in [-0.2, -0.15) is 0 Å². The van der Waals surface area contributed by atoms with Gasteiger partial charge >= 0.3 is 0 Å². The number of benzene rings is 1. The number of aromatic nitrogens is 3. The van der Waals surface area contributed by atoms with Crippen LogP contribution in [0.4, 0.5) is 5.69 Å². The lowest BCUT2D eigenvalue weighted by atomic mass is 9.75. The van der Waals surface area contributed by atoms with E-state index in [-0.39, 0.29) is 18.2 Å². The summed E-state index contributed by atoms with van der Waals surface area (Å²) in [6.07, 6.45) is 6.44. The SMILES string of the molecule is CS(=O)(=O)CCCn1c(CN2C(=O)C3(CCOCC3)c3ccncc32)nc2cc(Cl)ccc21. The lowest BCUT2D eigenvalue weighted by Crippen LogP contribution is -2.44. The number of anilines is 1. The van der Waals surface area contributed by atoms with Crippen molar-refractivity contribution >= 4 is 44.1 Å². The lowest BCUT2D eigenvalue weighted by Gasteiger charge is -2.32. The number of nitrogens with zero attached hydrogens (tertiary/aromatic N) is 4. The number of ether oxygens (including phenoxy) is 1. The summed E-state index contributed by atoms with van der Waals surface area (Å²) in [4.78, 5) is 24.6. The fraction of sp³-hybridized carbons (Fsp3) is 0.435. The maximum absolute atomic E-state index is 13.8. The van der Waals surface area contributed by atoms with Crippen LogP contribution in [0, 0.1) is 0 Å². The molecular formula is C23H25ClN4O4S. The number of carbonyl (C=O) groups excluding carboxylic acids is 1. The van der Waals surface area contributed by atoms with Gasteiger partial charge in [0.2, 0.25) is 5.91 Å². The Morgan fingerprint density at radius 3 is 2.76 bits per heavy atom. The molecule has 4 heterocycles. The van der Waals surface area contributed by atoms with Gasteiger partial charge in [-0.1, -0.05) is 11.6 Å². The second kappa shape index (κ2) is 8.38. The maximum atomic E-state index is 13.8. The van der Waals surface area contributed by atoms with Crippen molar-refractivity contribution < 1.29 is 17.9 Å². The monoisotopic (exact) mass is 488 g/mol. The molecule has 1 saturated heterocycles. The fourth-order valence-corrected chi connectivity index (χ4v) is 5.82. The van der Waals surface area contributed by atoms with E-state index in [1.807, 2.05) is 16.7 Å². The highest BCUT2D eigenvalue weighted by atomic mass is 35.5. The van der Waals surface area contributed by atoms with E-state index in [9.17, 15) is 13.2 Å². The van der Waals surface area contributed by atoms with Crippen LogP contribution in [-0.2, 0) is 37.9 Å². The Bertz CT molecular complexity index is 1330. The number of sulfone groups is 1. The van der Waals surface area contributed by atoms with Crippen LogP contribution in [0.2, 0.25) is 5.02 Å². The first-order valence-corrected chi connectivity index (χ1v) is 13.4. The van der Waals surface area contributed by atoms with Crippen molar-refractivity contribution in [3.63, 3.8) is 0 Å². The van der Waals surface area contributed by atoms with Gasteiger partial charge in [0.1, 0.15) is 15.7 Å². The number of halogens is 1. The van der Waals surface area contributed by atoms with Crippen molar-refractivity contribution in [2.75, 3.05) is 30.1 Å². The minimum absolute atomic E-state index is 0.0431. The molecule has 0 saturated carbocycles. The number of pyridine rings is 1. The molecule has 1 spiro atoms. The fourth-order valence-electron chi connectivity index (χ4n) is 5.00. The molecule has 0 aliphatic carbocycles. The summed E-state index contributed by atoms with van der Waals surface area (Å²) < 4.78 is 30.9. The first kappa shape index (κ1) is 22.3. The van der Waals surface area contributed by atoms with Gasteiger partial charge in [-0.3, -0.25) is 9.78 Å². The van der Waals surface area contributed by atoms with E-state index in [1.165, 1.54) is 6.26 Å². The molecule has 0 bridgehead atoms. The third-order valence-corrected chi connectivity index (χ3v) is 7.86. The van der Waals surface area contributed by atoms with Gasteiger partial charge in [0.15, 0.2) is 0 Å². The molecule has 10 heteroatoms. The van der Waals surface area contributed by atoms with E-state index in [2.05, 4.69) is 4.98 Å². The van der Waals surface area contributed by atoms with Gasteiger partial charge in [-0.05, 0) is 49.1 Å². The highest BCUT2D eigenvalue weighted by molar-refractivity contribution is 7.90. The van der Waals surface area contributed by atoms with E-state index in [0.29, 0.717) is 49.9 Å². The van der Waals surface area contributed by atoms with E-state index < -0.39 is 15.3 Å². The quantitative estimate of drug-likeness (QED) is 0.529. The van der Waals surface area contributed by atoms with Crippen molar-refractivity contribution in [3.8, 4) is 0 Å². The summed E-state index contributed by atoms with van der Waals surface area (Å²) in [5.41, 5.74) is 2.79. The van der Waals surface area contributed by atoms with Crippen LogP contribution in [0.25, 0.3) is 11.0 Å². The highest BCUT2D eigenvalue weighted by Gasteiger charge is 2.51. The predicted octanol–water partition coefficient (Wildman–Crippen LogP) is 3.11. The normalized spacial score (nSPS) is 17.8. The smallest absolute Gasteiger partial charge is 0.238 e. The Morgan fingerprint density at radius 1 is 1.21 bits per heavy atom. The largest absolute Gasteiger partial charge is 0.381 e. The summed E-state index contributed by atoms with van der Waals surface area (Å²) in [5.74, 6) is 0.813. The number of hydrogen-bond acceptors (Lipinski definition) is 6. The van der Waals surface area contributed by atoms with Crippen LogP contribution in [-0.4, -0.2) is 54.1 Å². The molecule has 1 aromatic carbocycles. The standard InChI is InChI=1S/C23H25ClN4O4S/c1-33(30,31)12-2-9-27-19-4-3-16(24)13-18(19)26-21(27)15-28-20-14-25-8-5-17(20)23(22(28)29)6-10-32-11-7-23/h3-5,8,13-14H,2,6-7,9-12,15H2,1H3. The molecule has 3 aromatic rings. The Balaban J connectivity index is 1.53. The van der Waals surface area contributed by atoms with Crippen LogP contribution < -0.4 is 4.90 Å². The number of imidazole rings is 1. The zero-order valence-corrected chi connectivity index (χ0v) is 19.9. The average molecular weight is 489 g/mol. The Kier molecular flexibility index (Phi) is 5.66. The van der Waals surface area contributed by atoms with Crippen molar-refractivity contribution in [1.82, 2.24) is 14.5 Å². The van der Waals surface area contributed by atoms with Crippen LogP contribution >= 0.6 is 11.6 Å². The second-order valence-corrected chi connectivity index (χ2v) is 11.5. The molecular weight excluding hydrogens is 464 g/mol. The van der Waals surface area contributed by atoms with Crippen molar-refractivity contribution in [2.24, 2.45) is 0 Å². The number of amides is 1. The molecule has 33 heavy (non-hydrogen) atoms. The van der Waals surface area contributed by atoms with Gasteiger partial charge in [0.25, 0.3) is 0 Å². The van der Waals surface area contributed by atoms with Gasteiger partial charge in [0, 0.05) is 37.2 Å². The zero-order valence-electron chi connectivity index (χ0n) is 18.3. The molecule has 2 aliphatic rings. The third-order valence-electron chi connectivity index (χ3n) is 6.59. The van der Waals surface area contributed by atoms with E-state index >= 15 is 0 Å². The number of hydrogen-bond donors (Lipinski definition) is 0. The lowest BCUT2D eigenvalue weighted by molar-refractivity contribution is -0.126. The molecule has 0 N–H and O–H groups in total. The molecule has 2 aromatic heterocycles. The van der Waals surface area contributed by atoms with Gasteiger partial charge in [0.05, 0.1) is 40.6 Å². The molecule has 8 nitrogen and oxygen atoms in total. The molecule has 2 aliphatic heterocycles. The maximum Gasteiger partial charge on any atom is 0.238 e. The third kappa shape index (κ3) is 4.02. The van der Waals surface area contributed by atoms with Gasteiger partial charge < -0.3 is 14.2 Å². The summed E-state index contributed by atoms with van der Waals surface area (Å²) in [6.45, 7) is 1.83. The number of aryl methyl sites for hydroxylation is 1. The second-order valence-electron chi connectivity index (χ2n) is 8.77. The van der Waals surface area contributed by atoms with E-state index in [0.717, 1.165) is 22.3 Å². The summed E-state index contributed by atoms with van der Waals surface area (Å²) in [6, 6.07) is 7.40. The van der Waals surface area contributed by atoms with Crippen LogP contribution in [0.3, 0.4) is 0 Å². The Labute approximate surface area is 197 Å². The molecule has 0 radical (unpaired) electrons. The summed E-state index contributed by atoms with van der Waals surface area (Å²) >= 11 is 6.19.